The van der Waals surface area contributed by atoms with Crippen molar-refractivity contribution in [3.05, 3.63) is 63.6 Å². The second-order valence-corrected chi connectivity index (χ2v) is 4.61. The van der Waals surface area contributed by atoms with E-state index in [4.69, 9.17) is 23.2 Å². The first kappa shape index (κ1) is 13.8. The lowest BCUT2D eigenvalue weighted by Crippen LogP contribution is -2.14. The standard InChI is InChI=1S/C13H7Cl2F2NO/c14-7-3-8(15)5-10(4-7)18-13(19)11-6-9(16)1-2-12(11)17/h1-6H,(H,18,19). The van der Waals surface area contributed by atoms with Gasteiger partial charge in [-0.1, -0.05) is 23.2 Å². The van der Waals surface area contributed by atoms with Gasteiger partial charge in [0, 0.05) is 15.7 Å². The van der Waals surface area contributed by atoms with Gasteiger partial charge in [0.2, 0.25) is 0 Å². The van der Waals surface area contributed by atoms with Crippen LogP contribution in [0, 0.1) is 11.6 Å². The fourth-order valence-corrected chi connectivity index (χ4v) is 2.02. The molecule has 2 nitrogen and oxygen atoms in total. The third-order valence-electron chi connectivity index (χ3n) is 2.29. The number of hydrogen-bond donors (Lipinski definition) is 1. The van der Waals surface area contributed by atoms with Crippen molar-refractivity contribution in [2.75, 3.05) is 5.32 Å². The smallest absolute Gasteiger partial charge is 0.258 e. The van der Waals surface area contributed by atoms with E-state index >= 15 is 0 Å². The van der Waals surface area contributed by atoms with E-state index in [1.54, 1.807) is 0 Å². The van der Waals surface area contributed by atoms with Crippen LogP contribution in [0.25, 0.3) is 0 Å². The van der Waals surface area contributed by atoms with Crippen LogP contribution in [0.15, 0.2) is 36.4 Å². The van der Waals surface area contributed by atoms with E-state index in [1.165, 1.54) is 18.2 Å². The zero-order chi connectivity index (χ0) is 14.0. The molecule has 1 N–H and O–H groups in total. The monoisotopic (exact) mass is 301 g/mol. The molecule has 0 fully saturated rings. The molecule has 0 aliphatic carbocycles. The summed E-state index contributed by atoms with van der Waals surface area (Å²) in [5, 5.41) is 3.04. The molecule has 6 heteroatoms. The predicted molar refractivity (Wildman–Crippen MR) is 70.8 cm³/mol. The molecule has 0 aliphatic heterocycles. The Bertz CT molecular complexity index is 626. The van der Waals surface area contributed by atoms with Crippen molar-refractivity contribution in [2.24, 2.45) is 0 Å². The fourth-order valence-electron chi connectivity index (χ4n) is 1.50. The maximum absolute atomic E-state index is 13.4. The molecular formula is C13H7Cl2F2NO. The average molecular weight is 302 g/mol. The zero-order valence-corrected chi connectivity index (χ0v) is 10.9. The van der Waals surface area contributed by atoms with Crippen LogP contribution >= 0.6 is 23.2 Å². The van der Waals surface area contributed by atoms with E-state index in [0.717, 1.165) is 18.2 Å². The lowest BCUT2D eigenvalue weighted by Gasteiger charge is -2.07. The first-order valence-electron chi connectivity index (χ1n) is 5.18. The summed E-state index contributed by atoms with van der Waals surface area (Å²) in [4.78, 5) is 11.8. The number of benzene rings is 2. The topological polar surface area (TPSA) is 29.1 Å². The Morgan fingerprint density at radius 3 is 2.26 bits per heavy atom. The molecule has 0 bridgehead atoms. The average Bonchev–Trinajstić information content (AvgIpc) is 2.30. The lowest BCUT2D eigenvalue weighted by atomic mass is 10.2. The molecule has 0 unspecified atom stereocenters. The number of hydrogen-bond acceptors (Lipinski definition) is 1. The molecule has 0 saturated carbocycles. The molecular weight excluding hydrogens is 295 g/mol. The van der Waals surface area contributed by atoms with Gasteiger partial charge in [-0.2, -0.15) is 0 Å². The van der Waals surface area contributed by atoms with E-state index in [9.17, 15) is 13.6 Å². The van der Waals surface area contributed by atoms with Crippen molar-refractivity contribution < 1.29 is 13.6 Å². The van der Waals surface area contributed by atoms with Crippen molar-refractivity contribution in [1.29, 1.82) is 0 Å². The fraction of sp³-hybridized carbons (Fsp3) is 0. The van der Waals surface area contributed by atoms with Crippen molar-refractivity contribution in [2.45, 2.75) is 0 Å². The van der Waals surface area contributed by atoms with Gasteiger partial charge in [-0.05, 0) is 36.4 Å². The quantitative estimate of drug-likeness (QED) is 0.868. The van der Waals surface area contributed by atoms with Gasteiger partial charge in [0.15, 0.2) is 0 Å². The molecule has 2 rings (SSSR count). The van der Waals surface area contributed by atoms with Gasteiger partial charge in [0.05, 0.1) is 5.56 Å². The van der Waals surface area contributed by atoms with E-state index in [0.29, 0.717) is 15.7 Å². The minimum Gasteiger partial charge on any atom is -0.322 e. The summed E-state index contributed by atoms with van der Waals surface area (Å²) >= 11 is 11.5. The molecule has 0 heterocycles. The summed E-state index contributed by atoms with van der Waals surface area (Å²) in [5.74, 6) is -2.29. The maximum atomic E-state index is 13.4. The molecule has 0 spiro atoms. The molecule has 19 heavy (non-hydrogen) atoms. The van der Waals surface area contributed by atoms with Crippen molar-refractivity contribution >= 4 is 34.8 Å². The Hall–Kier alpha value is -1.65. The predicted octanol–water partition coefficient (Wildman–Crippen LogP) is 4.52. The van der Waals surface area contributed by atoms with Gasteiger partial charge in [0.1, 0.15) is 11.6 Å². The number of nitrogens with one attached hydrogen (secondary N) is 1. The SMILES string of the molecule is O=C(Nc1cc(Cl)cc(Cl)c1)c1cc(F)ccc1F. The summed E-state index contributed by atoms with van der Waals surface area (Å²) in [6, 6.07) is 7.01. The van der Waals surface area contributed by atoms with E-state index in [-0.39, 0.29) is 0 Å². The van der Waals surface area contributed by atoms with E-state index in [2.05, 4.69) is 5.32 Å². The van der Waals surface area contributed by atoms with Crippen LogP contribution in [-0.4, -0.2) is 5.91 Å². The molecule has 2 aromatic rings. The summed E-state index contributed by atoms with van der Waals surface area (Å²) in [7, 11) is 0. The number of anilines is 1. The van der Waals surface area contributed by atoms with Gasteiger partial charge < -0.3 is 5.32 Å². The van der Waals surface area contributed by atoms with Gasteiger partial charge in [-0.3, -0.25) is 4.79 Å². The highest BCUT2D eigenvalue weighted by atomic mass is 35.5. The maximum Gasteiger partial charge on any atom is 0.258 e. The Kier molecular flexibility index (Phi) is 4.02. The van der Waals surface area contributed by atoms with Gasteiger partial charge in [-0.25, -0.2) is 8.78 Å². The highest BCUT2D eigenvalue weighted by Crippen LogP contribution is 2.23. The number of rotatable bonds is 2. The second kappa shape index (κ2) is 5.55. The normalized spacial score (nSPS) is 10.3. The van der Waals surface area contributed by atoms with Gasteiger partial charge >= 0.3 is 0 Å². The Morgan fingerprint density at radius 2 is 1.63 bits per heavy atom. The van der Waals surface area contributed by atoms with Gasteiger partial charge in [-0.15, -0.1) is 0 Å². The summed E-state index contributed by atoms with van der Waals surface area (Å²) in [6.07, 6.45) is 0. The summed E-state index contributed by atoms with van der Waals surface area (Å²) < 4.78 is 26.4. The van der Waals surface area contributed by atoms with Crippen LogP contribution in [0.3, 0.4) is 0 Å². The van der Waals surface area contributed by atoms with E-state index < -0.39 is 23.1 Å². The highest BCUT2D eigenvalue weighted by Gasteiger charge is 2.13. The third kappa shape index (κ3) is 3.43. The van der Waals surface area contributed by atoms with Crippen LogP contribution in [0.5, 0.6) is 0 Å². The van der Waals surface area contributed by atoms with Crippen LogP contribution in [0.4, 0.5) is 14.5 Å². The summed E-state index contributed by atoms with van der Waals surface area (Å²) in [5.41, 5.74) is -0.0951. The first-order valence-corrected chi connectivity index (χ1v) is 5.94. The van der Waals surface area contributed by atoms with Crippen molar-refractivity contribution in [1.82, 2.24) is 0 Å². The largest absolute Gasteiger partial charge is 0.322 e. The highest BCUT2D eigenvalue weighted by molar-refractivity contribution is 6.35. The van der Waals surface area contributed by atoms with Crippen LogP contribution < -0.4 is 5.32 Å². The molecule has 0 aliphatic rings. The Balaban J connectivity index is 2.28. The number of amides is 1. The summed E-state index contributed by atoms with van der Waals surface area (Å²) in [6.45, 7) is 0. The van der Waals surface area contributed by atoms with Crippen LogP contribution in [-0.2, 0) is 0 Å². The second-order valence-electron chi connectivity index (χ2n) is 3.74. The molecule has 0 saturated heterocycles. The van der Waals surface area contributed by atoms with Gasteiger partial charge in [0.25, 0.3) is 5.91 Å². The molecule has 0 atom stereocenters. The molecule has 1 amide bonds. The Morgan fingerprint density at radius 1 is 1.00 bits per heavy atom. The van der Waals surface area contributed by atoms with E-state index in [1.807, 2.05) is 0 Å². The first-order chi connectivity index (χ1) is 8.95. The number of halogens is 4. The van der Waals surface area contributed by atoms with Crippen LogP contribution in [0.2, 0.25) is 10.0 Å². The molecule has 0 radical (unpaired) electrons. The van der Waals surface area contributed by atoms with Crippen molar-refractivity contribution in [3.8, 4) is 0 Å². The lowest BCUT2D eigenvalue weighted by molar-refractivity contribution is 0.102. The molecule has 98 valence electrons. The minimum atomic E-state index is -0.813. The molecule has 0 aromatic heterocycles. The van der Waals surface area contributed by atoms with Crippen molar-refractivity contribution in [3.63, 3.8) is 0 Å². The minimum absolute atomic E-state index is 0.297. The zero-order valence-electron chi connectivity index (χ0n) is 9.38. The molecule has 2 aromatic carbocycles. The van der Waals surface area contributed by atoms with Crippen LogP contribution in [0.1, 0.15) is 10.4 Å². The third-order valence-corrected chi connectivity index (χ3v) is 2.73. The number of carbonyl (C=O) groups is 1. The number of carbonyl (C=O) groups excluding carboxylic acids is 1. The Labute approximate surface area is 118 Å².